The van der Waals surface area contributed by atoms with Crippen molar-refractivity contribution < 1.29 is 4.74 Å². The molecule has 2 rings (SSSR count). The summed E-state index contributed by atoms with van der Waals surface area (Å²) in [6, 6.07) is 8.27. The van der Waals surface area contributed by atoms with Crippen LogP contribution in [0.3, 0.4) is 0 Å². The molecule has 1 fully saturated rings. The van der Waals surface area contributed by atoms with E-state index in [4.69, 9.17) is 9.73 Å². The van der Waals surface area contributed by atoms with Crippen LogP contribution >= 0.6 is 11.8 Å². The molecule has 0 amide bonds. The molecule has 0 aliphatic carbocycles. The Hall–Kier alpha value is -1.40. The molecule has 1 aromatic rings. The standard InChI is InChI=1S/C20H34N4OS/c1-4-21-20(23-16-19-7-5-14-26-19)22-15-17-8-10-18(11-9-17)25-13-6-12-24(2)3/h8-11,19H,4-7,12-16H2,1-3H3,(H2,21,22,23). The number of rotatable bonds is 10. The Morgan fingerprint density at radius 1 is 1.27 bits per heavy atom. The average Bonchev–Trinajstić information content (AvgIpc) is 3.15. The molecule has 0 bridgehead atoms. The minimum Gasteiger partial charge on any atom is -0.494 e. The molecule has 2 N–H and O–H groups in total. The Balaban J connectivity index is 1.76. The summed E-state index contributed by atoms with van der Waals surface area (Å²) < 4.78 is 5.78. The van der Waals surface area contributed by atoms with E-state index in [-0.39, 0.29) is 0 Å². The van der Waals surface area contributed by atoms with Crippen molar-refractivity contribution in [3.63, 3.8) is 0 Å². The van der Waals surface area contributed by atoms with E-state index in [1.165, 1.54) is 24.2 Å². The Labute approximate surface area is 163 Å². The molecule has 1 atom stereocenters. The van der Waals surface area contributed by atoms with E-state index in [2.05, 4.69) is 60.4 Å². The lowest BCUT2D eigenvalue weighted by Crippen LogP contribution is -2.40. The summed E-state index contributed by atoms with van der Waals surface area (Å²) >= 11 is 2.07. The van der Waals surface area contributed by atoms with Gasteiger partial charge in [0, 0.05) is 24.9 Å². The topological polar surface area (TPSA) is 48.9 Å². The van der Waals surface area contributed by atoms with Crippen molar-refractivity contribution in [2.24, 2.45) is 4.99 Å². The smallest absolute Gasteiger partial charge is 0.191 e. The van der Waals surface area contributed by atoms with Crippen molar-refractivity contribution in [1.82, 2.24) is 15.5 Å². The predicted molar refractivity (Wildman–Crippen MR) is 113 cm³/mol. The van der Waals surface area contributed by atoms with E-state index >= 15 is 0 Å². The number of aliphatic imine (C=N–C) groups is 1. The van der Waals surface area contributed by atoms with Crippen LogP contribution in [0.25, 0.3) is 0 Å². The molecule has 0 radical (unpaired) electrons. The molecule has 0 saturated carbocycles. The van der Waals surface area contributed by atoms with Gasteiger partial charge in [0.25, 0.3) is 0 Å². The van der Waals surface area contributed by atoms with Gasteiger partial charge in [-0.15, -0.1) is 0 Å². The van der Waals surface area contributed by atoms with Crippen LogP contribution in [0.15, 0.2) is 29.3 Å². The molecule has 1 heterocycles. The second-order valence-corrected chi connectivity index (χ2v) is 8.27. The van der Waals surface area contributed by atoms with E-state index in [1.54, 1.807) is 0 Å². The highest BCUT2D eigenvalue weighted by molar-refractivity contribution is 8.00. The van der Waals surface area contributed by atoms with Crippen molar-refractivity contribution in [2.45, 2.75) is 38.0 Å². The number of nitrogens with one attached hydrogen (secondary N) is 2. The lowest BCUT2D eigenvalue weighted by molar-refractivity contribution is 0.281. The van der Waals surface area contributed by atoms with Crippen LogP contribution in [0.4, 0.5) is 0 Å². The molecule has 26 heavy (non-hydrogen) atoms. The van der Waals surface area contributed by atoms with Gasteiger partial charge in [-0.05, 0) is 63.7 Å². The average molecular weight is 379 g/mol. The first-order valence-corrected chi connectivity index (χ1v) is 10.7. The van der Waals surface area contributed by atoms with Crippen LogP contribution in [0.1, 0.15) is 31.7 Å². The third kappa shape index (κ3) is 8.32. The Bertz CT molecular complexity index is 527. The SMILES string of the molecule is CCNC(=NCc1ccc(OCCCN(C)C)cc1)NCC1CCCS1. The van der Waals surface area contributed by atoms with Crippen LogP contribution in [0, 0.1) is 0 Å². The quantitative estimate of drug-likeness (QED) is 0.372. The zero-order valence-corrected chi connectivity index (χ0v) is 17.3. The largest absolute Gasteiger partial charge is 0.494 e. The molecular weight excluding hydrogens is 344 g/mol. The number of thioether (sulfide) groups is 1. The molecule has 1 aliphatic rings. The van der Waals surface area contributed by atoms with Crippen molar-refractivity contribution in [3.05, 3.63) is 29.8 Å². The first-order chi connectivity index (χ1) is 12.7. The highest BCUT2D eigenvalue weighted by Crippen LogP contribution is 2.25. The fourth-order valence-corrected chi connectivity index (χ4v) is 3.99. The first kappa shape index (κ1) is 20.9. The molecular formula is C20H34N4OS. The van der Waals surface area contributed by atoms with E-state index in [0.29, 0.717) is 6.54 Å². The maximum atomic E-state index is 5.78. The number of guanidine groups is 1. The third-order valence-electron chi connectivity index (χ3n) is 4.23. The fourth-order valence-electron chi connectivity index (χ4n) is 2.79. The molecule has 0 spiro atoms. The lowest BCUT2D eigenvalue weighted by atomic mass is 10.2. The molecule has 1 aliphatic heterocycles. The normalized spacial score (nSPS) is 17.5. The lowest BCUT2D eigenvalue weighted by Gasteiger charge is -2.14. The Morgan fingerprint density at radius 2 is 2.08 bits per heavy atom. The summed E-state index contributed by atoms with van der Waals surface area (Å²) in [7, 11) is 4.16. The van der Waals surface area contributed by atoms with Gasteiger partial charge in [0.05, 0.1) is 13.2 Å². The van der Waals surface area contributed by atoms with Gasteiger partial charge in [0.15, 0.2) is 5.96 Å². The molecule has 146 valence electrons. The zero-order valence-electron chi connectivity index (χ0n) is 16.5. The maximum absolute atomic E-state index is 5.78. The number of hydrogen-bond acceptors (Lipinski definition) is 4. The van der Waals surface area contributed by atoms with E-state index < -0.39 is 0 Å². The van der Waals surface area contributed by atoms with Crippen molar-refractivity contribution in [2.75, 3.05) is 46.1 Å². The van der Waals surface area contributed by atoms with Crippen molar-refractivity contribution in [3.8, 4) is 5.75 Å². The van der Waals surface area contributed by atoms with Crippen LogP contribution in [-0.4, -0.2) is 62.2 Å². The Kier molecular flexibility index (Phi) is 9.71. The van der Waals surface area contributed by atoms with Crippen LogP contribution in [-0.2, 0) is 6.54 Å². The van der Waals surface area contributed by atoms with E-state index in [0.717, 1.165) is 49.6 Å². The van der Waals surface area contributed by atoms with Crippen LogP contribution in [0.2, 0.25) is 0 Å². The molecule has 6 heteroatoms. The fraction of sp³-hybridized carbons (Fsp3) is 0.650. The number of ether oxygens (including phenoxy) is 1. The first-order valence-electron chi connectivity index (χ1n) is 9.67. The maximum Gasteiger partial charge on any atom is 0.191 e. The van der Waals surface area contributed by atoms with Crippen LogP contribution in [0.5, 0.6) is 5.75 Å². The Morgan fingerprint density at radius 3 is 2.73 bits per heavy atom. The van der Waals surface area contributed by atoms with Gasteiger partial charge < -0.3 is 20.3 Å². The predicted octanol–water partition coefficient (Wildman–Crippen LogP) is 2.97. The molecule has 5 nitrogen and oxygen atoms in total. The summed E-state index contributed by atoms with van der Waals surface area (Å²) in [5.41, 5.74) is 1.19. The van der Waals surface area contributed by atoms with Crippen LogP contribution < -0.4 is 15.4 Å². The summed E-state index contributed by atoms with van der Waals surface area (Å²) in [4.78, 5) is 6.88. The zero-order chi connectivity index (χ0) is 18.6. The van der Waals surface area contributed by atoms with E-state index in [1.807, 2.05) is 12.1 Å². The van der Waals surface area contributed by atoms with Gasteiger partial charge in [-0.1, -0.05) is 12.1 Å². The highest BCUT2D eigenvalue weighted by Gasteiger charge is 2.15. The molecule has 0 aromatic heterocycles. The summed E-state index contributed by atoms with van der Waals surface area (Å²) in [5, 5.41) is 7.53. The number of benzene rings is 1. The second kappa shape index (κ2) is 12.1. The summed E-state index contributed by atoms with van der Waals surface area (Å²) in [6.07, 6.45) is 3.69. The van der Waals surface area contributed by atoms with Crippen molar-refractivity contribution >= 4 is 17.7 Å². The number of nitrogens with zero attached hydrogens (tertiary/aromatic N) is 2. The van der Waals surface area contributed by atoms with E-state index in [9.17, 15) is 0 Å². The summed E-state index contributed by atoms with van der Waals surface area (Å²) in [5.74, 6) is 3.13. The molecule has 1 unspecified atom stereocenters. The highest BCUT2D eigenvalue weighted by atomic mass is 32.2. The monoisotopic (exact) mass is 378 g/mol. The minimum absolute atomic E-state index is 0.675. The van der Waals surface area contributed by atoms with Gasteiger partial charge in [-0.25, -0.2) is 4.99 Å². The van der Waals surface area contributed by atoms with Gasteiger partial charge in [0.1, 0.15) is 5.75 Å². The third-order valence-corrected chi connectivity index (χ3v) is 5.63. The summed E-state index contributed by atoms with van der Waals surface area (Å²) in [6.45, 7) is 6.45. The van der Waals surface area contributed by atoms with Gasteiger partial charge in [0.2, 0.25) is 0 Å². The number of hydrogen-bond donors (Lipinski definition) is 2. The minimum atomic E-state index is 0.675. The van der Waals surface area contributed by atoms with Gasteiger partial charge >= 0.3 is 0 Å². The van der Waals surface area contributed by atoms with Gasteiger partial charge in [-0.2, -0.15) is 11.8 Å². The molecule has 1 saturated heterocycles. The second-order valence-electron chi connectivity index (χ2n) is 6.86. The van der Waals surface area contributed by atoms with Gasteiger partial charge in [-0.3, -0.25) is 0 Å². The molecule has 1 aromatic carbocycles. The van der Waals surface area contributed by atoms with Crippen molar-refractivity contribution in [1.29, 1.82) is 0 Å².